The van der Waals surface area contributed by atoms with Gasteiger partial charge in [0.1, 0.15) is 5.75 Å². The molecule has 1 aliphatic heterocycles. The molecule has 0 aromatic heterocycles. The predicted molar refractivity (Wildman–Crippen MR) is 105 cm³/mol. The maximum atomic E-state index is 12.6. The highest BCUT2D eigenvalue weighted by molar-refractivity contribution is 5.78. The molecule has 1 aliphatic carbocycles. The minimum absolute atomic E-state index is 0.226. The lowest BCUT2D eigenvalue weighted by Crippen LogP contribution is -2.41. The van der Waals surface area contributed by atoms with Gasteiger partial charge in [-0.3, -0.25) is 9.69 Å². The Balaban J connectivity index is 1.67. The third-order valence-electron chi connectivity index (χ3n) is 6.03. The molecule has 1 aromatic rings. The number of methoxy groups -OCH3 is 1. The van der Waals surface area contributed by atoms with Crippen LogP contribution in [-0.4, -0.2) is 37.6 Å². The first-order valence-electron chi connectivity index (χ1n) is 10.4. The van der Waals surface area contributed by atoms with Gasteiger partial charge in [0, 0.05) is 12.5 Å². The summed E-state index contributed by atoms with van der Waals surface area (Å²) in [5, 5.41) is 3.29. The molecule has 2 aliphatic rings. The maximum absolute atomic E-state index is 12.6. The van der Waals surface area contributed by atoms with Crippen molar-refractivity contribution in [1.29, 1.82) is 0 Å². The van der Waals surface area contributed by atoms with E-state index in [1.54, 1.807) is 7.11 Å². The van der Waals surface area contributed by atoms with E-state index >= 15 is 0 Å². The van der Waals surface area contributed by atoms with Crippen LogP contribution in [0.25, 0.3) is 0 Å². The lowest BCUT2D eigenvalue weighted by Gasteiger charge is -2.32. The number of carbonyl (C=O) groups is 1. The van der Waals surface area contributed by atoms with Crippen LogP contribution in [0.15, 0.2) is 24.3 Å². The van der Waals surface area contributed by atoms with Gasteiger partial charge in [-0.05, 0) is 56.5 Å². The van der Waals surface area contributed by atoms with Gasteiger partial charge in [-0.1, -0.05) is 44.2 Å². The zero-order chi connectivity index (χ0) is 18.2. The predicted octanol–water partition coefficient (Wildman–Crippen LogP) is 4.31. The van der Waals surface area contributed by atoms with E-state index in [1.807, 2.05) is 12.1 Å². The van der Waals surface area contributed by atoms with Crippen molar-refractivity contribution in [2.75, 3.05) is 26.7 Å². The number of hydrogen-bond donors (Lipinski definition) is 1. The summed E-state index contributed by atoms with van der Waals surface area (Å²) in [6, 6.07) is 8.63. The summed E-state index contributed by atoms with van der Waals surface area (Å²) in [5.74, 6) is 1.37. The minimum Gasteiger partial charge on any atom is -0.497 e. The molecule has 1 amide bonds. The second-order valence-corrected chi connectivity index (χ2v) is 7.82. The van der Waals surface area contributed by atoms with Crippen LogP contribution in [0.3, 0.4) is 0 Å². The lowest BCUT2D eigenvalue weighted by molar-refractivity contribution is -0.126. The standard InChI is InChI=1S/C22H34N2O2/c1-26-20-13-11-18(12-14-20)21(24-15-7-2-3-8-16-24)17-23-22(25)19-9-5-4-6-10-19/h11-14,19,21H,2-10,15-17H2,1H3,(H,23,25). The van der Waals surface area contributed by atoms with Crippen LogP contribution in [0.2, 0.25) is 0 Å². The lowest BCUT2D eigenvalue weighted by atomic mass is 9.88. The Hall–Kier alpha value is -1.55. The highest BCUT2D eigenvalue weighted by atomic mass is 16.5. The first-order valence-corrected chi connectivity index (χ1v) is 10.4. The van der Waals surface area contributed by atoms with Crippen molar-refractivity contribution in [2.24, 2.45) is 5.92 Å². The molecule has 0 radical (unpaired) electrons. The summed E-state index contributed by atoms with van der Waals surface area (Å²) in [7, 11) is 1.70. The van der Waals surface area contributed by atoms with E-state index in [0.29, 0.717) is 6.54 Å². The van der Waals surface area contributed by atoms with Crippen molar-refractivity contribution in [3.8, 4) is 5.75 Å². The van der Waals surface area contributed by atoms with E-state index in [-0.39, 0.29) is 17.9 Å². The van der Waals surface area contributed by atoms with Crippen LogP contribution in [0.5, 0.6) is 5.75 Å². The summed E-state index contributed by atoms with van der Waals surface area (Å²) in [6.45, 7) is 2.95. The molecule has 1 saturated heterocycles. The Bertz CT molecular complexity index is 544. The van der Waals surface area contributed by atoms with Crippen molar-refractivity contribution >= 4 is 5.91 Å². The normalized spacial score (nSPS) is 21.0. The molecule has 144 valence electrons. The van der Waals surface area contributed by atoms with Crippen molar-refractivity contribution in [1.82, 2.24) is 10.2 Å². The van der Waals surface area contributed by atoms with Gasteiger partial charge in [0.25, 0.3) is 0 Å². The van der Waals surface area contributed by atoms with Crippen molar-refractivity contribution in [3.63, 3.8) is 0 Å². The van der Waals surface area contributed by atoms with Crippen molar-refractivity contribution in [3.05, 3.63) is 29.8 Å². The molecular formula is C22H34N2O2. The largest absolute Gasteiger partial charge is 0.497 e. The third-order valence-corrected chi connectivity index (χ3v) is 6.03. The number of nitrogens with zero attached hydrogens (tertiary/aromatic N) is 1. The fourth-order valence-electron chi connectivity index (χ4n) is 4.40. The number of carbonyl (C=O) groups excluding carboxylic acids is 1. The number of rotatable bonds is 6. The molecule has 1 atom stereocenters. The fourth-order valence-corrected chi connectivity index (χ4v) is 4.40. The molecular weight excluding hydrogens is 324 g/mol. The summed E-state index contributed by atoms with van der Waals surface area (Å²) in [5.41, 5.74) is 1.27. The van der Waals surface area contributed by atoms with Gasteiger partial charge in [-0.25, -0.2) is 0 Å². The number of ether oxygens (including phenoxy) is 1. The number of hydrogen-bond acceptors (Lipinski definition) is 3. The maximum Gasteiger partial charge on any atom is 0.223 e. The summed E-state index contributed by atoms with van der Waals surface area (Å²) in [6.07, 6.45) is 10.9. The van der Waals surface area contributed by atoms with E-state index in [4.69, 9.17) is 4.74 Å². The molecule has 1 heterocycles. The number of amides is 1. The Morgan fingerprint density at radius 2 is 1.65 bits per heavy atom. The monoisotopic (exact) mass is 358 g/mol. The zero-order valence-electron chi connectivity index (χ0n) is 16.2. The van der Waals surface area contributed by atoms with Gasteiger partial charge >= 0.3 is 0 Å². The number of benzene rings is 1. The Morgan fingerprint density at radius 1 is 1.04 bits per heavy atom. The number of likely N-dealkylation sites (tertiary alicyclic amines) is 1. The molecule has 1 saturated carbocycles. The number of nitrogens with one attached hydrogen (secondary N) is 1. The van der Waals surface area contributed by atoms with E-state index < -0.39 is 0 Å². The first-order chi connectivity index (χ1) is 12.8. The van der Waals surface area contributed by atoms with Crippen LogP contribution >= 0.6 is 0 Å². The second-order valence-electron chi connectivity index (χ2n) is 7.82. The quantitative estimate of drug-likeness (QED) is 0.824. The molecule has 2 fully saturated rings. The Morgan fingerprint density at radius 3 is 2.27 bits per heavy atom. The van der Waals surface area contributed by atoms with Crippen LogP contribution < -0.4 is 10.1 Å². The first kappa shape index (κ1) is 19.2. The molecule has 1 aromatic carbocycles. The zero-order valence-corrected chi connectivity index (χ0v) is 16.2. The second kappa shape index (κ2) is 9.96. The average molecular weight is 359 g/mol. The molecule has 4 nitrogen and oxygen atoms in total. The van der Waals surface area contributed by atoms with E-state index in [1.165, 1.54) is 50.5 Å². The Kier molecular flexibility index (Phi) is 7.36. The van der Waals surface area contributed by atoms with Gasteiger partial charge in [0.15, 0.2) is 0 Å². The van der Waals surface area contributed by atoms with E-state index in [0.717, 1.165) is 31.7 Å². The summed E-state index contributed by atoms with van der Waals surface area (Å²) < 4.78 is 5.31. The molecule has 26 heavy (non-hydrogen) atoms. The topological polar surface area (TPSA) is 41.6 Å². The molecule has 3 rings (SSSR count). The minimum atomic E-state index is 0.226. The smallest absolute Gasteiger partial charge is 0.223 e. The van der Waals surface area contributed by atoms with E-state index in [9.17, 15) is 4.79 Å². The summed E-state index contributed by atoms with van der Waals surface area (Å²) in [4.78, 5) is 15.2. The average Bonchev–Trinajstić information content (AvgIpc) is 2.98. The highest BCUT2D eigenvalue weighted by Crippen LogP contribution is 2.27. The SMILES string of the molecule is COc1ccc(C(CNC(=O)C2CCCCC2)N2CCCCCC2)cc1. The van der Waals surface area contributed by atoms with Crippen LogP contribution in [0.4, 0.5) is 0 Å². The fraction of sp³-hybridized carbons (Fsp3) is 0.682. The molecule has 0 bridgehead atoms. The molecule has 1 N–H and O–H groups in total. The Labute approximate surface area is 158 Å². The third kappa shape index (κ3) is 5.23. The highest BCUT2D eigenvalue weighted by Gasteiger charge is 2.25. The van der Waals surface area contributed by atoms with Gasteiger partial charge in [-0.2, -0.15) is 0 Å². The van der Waals surface area contributed by atoms with Gasteiger partial charge < -0.3 is 10.1 Å². The van der Waals surface area contributed by atoms with Gasteiger partial charge in [-0.15, -0.1) is 0 Å². The van der Waals surface area contributed by atoms with Crippen LogP contribution in [0.1, 0.15) is 69.4 Å². The van der Waals surface area contributed by atoms with Crippen LogP contribution in [-0.2, 0) is 4.79 Å². The van der Waals surface area contributed by atoms with Crippen molar-refractivity contribution in [2.45, 2.75) is 63.8 Å². The van der Waals surface area contributed by atoms with Crippen LogP contribution in [0, 0.1) is 5.92 Å². The molecule has 0 spiro atoms. The molecule has 1 unspecified atom stereocenters. The van der Waals surface area contributed by atoms with Gasteiger partial charge in [0.2, 0.25) is 5.91 Å². The van der Waals surface area contributed by atoms with E-state index in [2.05, 4.69) is 22.3 Å². The summed E-state index contributed by atoms with van der Waals surface area (Å²) >= 11 is 0. The van der Waals surface area contributed by atoms with Crippen molar-refractivity contribution < 1.29 is 9.53 Å². The van der Waals surface area contributed by atoms with Gasteiger partial charge in [0.05, 0.1) is 13.2 Å². The molecule has 4 heteroatoms.